The molecule has 1 saturated carbocycles. The SMILES string of the molecule is NCc1cc(S(=O)(=O)N2CC3CCC2C3)ccc1F. The first-order chi connectivity index (χ1) is 9.02. The summed E-state index contributed by atoms with van der Waals surface area (Å²) in [5.41, 5.74) is 5.67. The lowest BCUT2D eigenvalue weighted by Gasteiger charge is -2.26. The molecule has 1 aromatic carbocycles. The summed E-state index contributed by atoms with van der Waals surface area (Å²) in [5.74, 6) is 0.0404. The summed E-state index contributed by atoms with van der Waals surface area (Å²) in [5, 5.41) is 0. The minimum absolute atomic E-state index is 0.00124. The second-order valence-electron chi connectivity index (χ2n) is 5.36. The molecule has 2 atom stereocenters. The molecular weight excluding hydrogens is 267 g/mol. The van der Waals surface area contributed by atoms with Crippen molar-refractivity contribution >= 4 is 10.0 Å². The van der Waals surface area contributed by atoms with Crippen LogP contribution in [0.5, 0.6) is 0 Å². The van der Waals surface area contributed by atoms with Gasteiger partial charge in [0.05, 0.1) is 4.90 Å². The fourth-order valence-electron chi connectivity index (χ4n) is 3.18. The van der Waals surface area contributed by atoms with Gasteiger partial charge < -0.3 is 5.73 Å². The average Bonchev–Trinajstić information content (AvgIpc) is 3.01. The quantitative estimate of drug-likeness (QED) is 0.914. The summed E-state index contributed by atoms with van der Waals surface area (Å²) in [6.45, 7) is 0.601. The highest BCUT2D eigenvalue weighted by molar-refractivity contribution is 7.89. The zero-order valence-electron chi connectivity index (χ0n) is 10.5. The van der Waals surface area contributed by atoms with Gasteiger partial charge in [-0.2, -0.15) is 4.31 Å². The van der Waals surface area contributed by atoms with Crippen LogP contribution in [0.3, 0.4) is 0 Å². The van der Waals surface area contributed by atoms with E-state index in [4.69, 9.17) is 5.73 Å². The number of sulfonamides is 1. The summed E-state index contributed by atoms with van der Waals surface area (Å²) in [6.07, 6.45) is 3.02. The van der Waals surface area contributed by atoms with E-state index in [2.05, 4.69) is 0 Å². The molecule has 0 spiro atoms. The zero-order chi connectivity index (χ0) is 13.6. The van der Waals surface area contributed by atoms with Gasteiger partial charge in [-0.3, -0.25) is 0 Å². The Kier molecular flexibility index (Phi) is 3.11. The van der Waals surface area contributed by atoms with Gasteiger partial charge >= 0.3 is 0 Å². The molecule has 1 aliphatic heterocycles. The molecule has 1 heterocycles. The van der Waals surface area contributed by atoms with E-state index in [9.17, 15) is 12.8 Å². The lowest BCUT2D eigenvalue weighted by atomic mass is 10.1. The molecule has 1 aromatic rings. The van der Waals surface area contributed by atoms with Gasteiger partial charge in [-0.25, -0.2) is 12.8 Å². The number of benzene rings is 1. The maximum absolute atomic E-state index is 13.4. The fourth-order valence-corrected chi connectivity index (χ4v) is 4.97. The first-order valence-corrected chi connectivity index (χ1v) is 7.96. The third-order valence-corrected chi connectivity index (χ3v) is 6.12. The minimum atomic E-state index is -3.51. The number of piperidine rings is 1. The normalized spacial score (nSPS) is 27.1. The first-order valence-electron chi connectivity index (χ1n) is 6.52. The van der Waals surface area contributed by atoms with Crippen LogP contribution in [0.15, 0.2) is 23.1 Å². The van der Waals surface area contributed by atoms with Crippen LogP contribution in [-0.2, 0) is 16.6 Å². The summed E-state index contributed by atoms with van der Waals surface area (Å²) in [6, 6.07) is 4.00. The van der Waals surface area contributed by atoms with Crippen molar-refractivity contribution in [2.45, 2.75) is 36.7 Å². The van der Waals surface area contributed by atoms with E-state index in [-0.39, 0.29) is 23.0 Å². The number of fused-ring (bicyclic) bond motifs is 2. The van der Waals surface area contributed by atoms with Gasteiger partial charge in [0, 0.05) is 24.7 Å². The molecule has 2 bridgehead atoms. The monoisotopic (exact) mass is 284 g/mol. The molecule has 4 nitrogen and oxygen atoms in total. The molecule has 2 fully saturated rings. The predicted molar refractivity (Wildman–Crippen MR) is 69.3 cm³/mol. The van der Waals surface area contributed by atoms with Crippen molar-refractivity contribution in [2.24, 2.45) is 11.7 Å². The Balaban J connectivity index is 1.96. The van der Waals surface area contributed by atoms with Crippen LogP contribution >= 0.6 is 0 Å². The number of nitrogens with two attached hydrogens (primary N) is 1. The molecule has 0 aromatic heterocycles. The molecular formula is C13H17FN2O2S. The van der Waals surface area contributed by atoms with Crippen LogP contribution in [0.25, 0.3) is 0 Å². The molecule has 19 heavy (non-hydrogen) atoms. The van der Waals surface area contributed by atoms with Crippen molar-refractivity contribution in [3.05, 3.63) is 29.6 Å². The Hall–Kier alpha value is -0.980. The van der Waals surface area contributed by atoms with Crippen molar-refractivity contribution in [2.75, 3.05) is 6.54 Å². The van der Waals surface area contributed by atoms with E-state index in [0.29, 0.717) is 12.5 Å². The van der Waals surface area contributed by atoms with Crippen LogP contribution in [0, 0.1) is 11.7 Å². The zero-order valence-corrected chi connectivity index (χ0v) is 11.4. The largest absolute Gasteiger partial charge is 0.326 e. The number of rotatable bonds is 3. The molecule has 104 valence electrons. The van der Waals surface area contributed by atoms with Crippen LogP contribution in [0.2, 0.25) is 0 Å². The Morgan fingerprint density at radius 2 is 2.16 bits per heavy atom. The van der Waals surface area contributed by atoms with Crippen LogP contribution in [0.1, 0.15) is 24.8 Å². The van der Waals surface area contributed by atoms with E-state index in [1.54, 1.807) is 4.31 Å². The highest BCUT2D eigenvalue weighted by atomic mass is 32.2. The van der Waals surface area contributed by atoms with Crippen molar-refractivity contribution in [3.63, 3.8) is 0 Å². The smallest absolute Gasteiger partial charge is 0.243 e. The lowest BCUT2D eigenvalue weighted by Crippen LogP contribution is -2.37. The average molecular weight is 284 g/mol. The van der Waals surface area contributed by atoms with Crippen LogP contribution in [-0.4, -0.2) is 25.3 Å². The molecule has 2 unspecified atom stereocenters. The number of hydrogen-bond donors (Lipinski definition) is 1. The third-order valence-electron chi connectivity index (χ3n) is 4.20. The lowest BCUT2D eigenvalue weighted by molar-refractivity contribution is 0.333. The van der Waals surface area contributed by atoms with Crippen LogP contribution < -0.4 is 5.73 Å². The molecule has 0 radical (unpaired) electrons. The predicted octanol–water partition coefficient (Wildman–Crippen LogP) is 1.46. The summed E-state index contributed by atoms with van der Waals surface area (Å²) in [4.78, 5) is 0.155. The Morgan fingerprint density at radius 1 is 1.37 bits per heavy atom. The van der Waals surface area contributed by atoms with Crippen molar-refractivity contribution in [1.82, 2.24) is 4.31 Å². The van der Waals surface area contributed by atoms with Crippen LogP contribution in [0.4, 0.5) is 4.39 Å². The minimum Gasteiger partial charge on any atom is -0.326 e. The standard InChI is InChI=1S/C13H17FN2O2S/c14-13-4-3-12(6-10(13)7-15)19(17,18)16-8-9-1-2-11(16)5-9/h3-4,6,9,11H,1-2,5,7-8,15H2. The Labute approximate surface area is 112 Å². The third kappa shape index (κ3) is 2.07. The molecule has 2 aliphatic rings. The van der Waals surface area contributed by atoms with Crippen molar-refractivity contribution < 1.29 is 12.8 Å². The topological polar surface area (TPSA) is 63.4 Å². The highest BCUT2D eigenvalue weighted by Gasteiger charge is 2.44. The Bertz CT molecular complexity index is 603. The summed E-state index contributed by atoms with van der Waals surface area (Å²) >= 11 is 0. The molecule has 0 amide bonds. The van der Waals surface area contributed by atoms with E-state index in [0.717, 1.165) is 19.3 Å². The number of hydrogen-bond acceptors (Lipinski definition) is 3. The van der Waals surface area contributed by atoms with Crippen molar-refractivity contribution in [3.8, 4) is 0 Å². The number of nitrogens with zero attached hydrogens (tertiary/aromatic N) is 1. The fraction of sp³-hybridized carbons (Fsp3) is 0.538. The Morgan fingerprint density at radius 3 is 2.74 bits per heavy atom. The summed E-state index contributed by atoms with van der Waals surface area (Å²) < 4.78 is 40.1. The molecule has 2 N–H and O–H groups in total. The van der Waals surface area contributed by atoms with E-state index < -0.39 is 15.8 Å². The molecule has 1 saturated heterocycles. The first kappa shape index (κ1) is 13.0. The second kappa shape index (κ2) is 4.54. The maximum Gasteiger partial charge on any atom is 0.243 e. The van der Waals surface area contributed by atoms with E-state index in [1.165, 1.54) is 18.2 Å². The number of halogens is 1. The molecule has 3 rings (SSSR count). The van der Waals surface area contributed by atoms with E-state index in [1.807, 2.05) is 0 Å². The van der Waals surface area contributed by atoms with Gasteiger partial charge in [-0.05, 0) is 43.4 Å². The van der Waals surface area contributed by atoms with Gasteiger partial charge in [-0.1, -0.05) is 0 Å². The van der Waals surface area contributed by atoms with Gasteiger partial charge in [-0.15, -0.1) is 0 Å². The van der Waals surface area contributed by atoms with Gasteiger partial charge in [0.25, 0.3) is 0 Å². The van der Waals surface area contributed by atoms with Crippen molar-refractivity contribution in [1.29, 1.82) is 0 Å². The highest BCUT2D eigenvalue weighted by Crippen LogP contribution is 2.40. The second-order valence-corrected chi connectivity index (χ2v) is 7.26. The van der Waals surface area contributed by atoms with Gasteiger partial charge in [0.15, 0.2) is 0 Å². The summed E-state index contributed by atoms with van der Waals surface area (Å²) in [7, 11) is -3.51. The molecule has 1 aliphatic carbocycles. The van der Waals surface area contributed by atoms with Gasteiger partial charge in [0.1, 0.15) is 5.82 Å². The van der Waals surface area contributed by atoms with Gasteiger partial charge in [0.2, 0.25) is 10.0 Å². The maximum atomic E-state index is 13.4. The molecule has 6 heteroatoms. The van der Waals surface area contributed by atoms with E-state index >= 15 is 0 Å².